The van der Waals surface area contributed by atoms with Crippen LogP contribution in [0.1, 0.15) is 13.8 Å². The molecule has 27 heavy (non-hydrogen) atoms. The molecule has 1 unspecified atom stereocenters. The molecule has 2 heterocycles. The summed E-state index contributed by atoms with van der Waals surface area (Å²) in [6, 6.07) is 8.11. The number of carbonyl (C=O) groups is 2. The van der Waals surface area contributed by atoms with E-state index in [0.717, 1.165) is 5.39 Å². The van der Waals surface area contributed by atoms with Crippen molar-refractivity contribution in [1.82, 2.24) is 9.80 Å². The molecule has 8 nitrogen and oxygen atoms in total. The third-order valence-corrected chi connectivity index (χ3v) is 4.37. The Morgan fingerprint density at radius 1 is 1.11 bits per heavy atom. The molecule has 1 saturated heterocycles. The predicted octanol–water partition coefficient (Wildman–Crippen LogP) is 1.86. The number of rotatable bonds is 4. The van der Waals surface area contributed by atoms with Crippen LogP contribution in [0.4, 0.5) is 4.79 Å². The van der Waals surface area contributed by atoms with E-state index in [1.54, 1.807) is 47.9 Å². The number of amides is 2. The number of ether oxygens (including phenoxy) is 2. The van der Waals surface area contributed by atoms with E-state index in [0.29, 0.717) is 44.1 Å². The summed E-state index contributed by atoms with van der Waals surface area (Å²) in [7, 11) is 0. The van der Waals surface area contributed by atoms with Crippen molar-refractivity contribution in [1.29, 1.82) is 0 Å². The zero-order chi connectivity index (χ0) is 19.4. The maximum absolute atomic E-state index is 12.6. The number of carbonyl (C=O) groups excluding carboxylic acids is 2. The molecule has 1 atom stereocenters. The Morgan fingerprint density at radius 3 is 2.48 bits per heavy atom. The third kappa shape index (κ3) is 4.39. The van der Waals surface area contributed by atoms with Gasteiger partial charge in [0.15, 0.2) is 6.10 Å². The van der Waals surface area contributed by atoms with Crippen LogP contribution in [0.25, 0.3) is 11.0 Å². The van der Waals surface area contributed by atoms with E-state index in [2.05, 4.69) is 0 Å². The van der Waals surface area contributed by atoms with E-state index < -0.39 is 11.7 Å². The zero-order valence-electron chi connectivity index (χ0n) is 15.3. The molecule has 0 aliphatic carbocycles. The van der Waals surface area contributed by atoms with E-state index in [4.69, 9.17) is 13.9 Å². The molecule has 1 aromatic carbocycles. The fourth-order valence-corrected chi connectivity index (χ4v) is 2.95. The van der Waals surface area contributed by atoms with Crippen LogP contribution < -0.4 is 10.4 Å². The molecule has 0 N–H and O–H groups in total. The van der Waals surface area contributed by atoms with Crippen molar-refractivity contribution < 1.29 is 23.5 Å². The summed E-state index contributed by atoms with van der Waals surface area (Å²) in [6.07, 6.45) is -1.06. The standard InChI is InChI=1S/C19H22N2O6/c1-3-25-19(24)21-10-8-20(9-11-21)18(23)13(2)26-15-6-4-14-5-7-17(22)27-16(14)12-15/h4-7,12-13H,3,8-11H2,1-2H3. The highest BCUT2D eigenvalue weighted by molar-refractivity contribution is 5.82. The van der Waals surface area contributed by atoms with Gasteiger partial charge >= 0.3 is 11.7 Å². The summed E-state index contributed by atoms with van der Waals surface area (Å²) in [6.45, 7) is 5.47. The van der Waals surface area contributed by atoms with Crippen LogP contribution >= 0.6 is 0 Å². The van der Waals surface area contributed by atoms with Gasteiger partial charge in [0.1, 0.15) is 11.3 Å². The lowest BCUT2D eigenvalue weighted by atomic mass is 10.2. The summed E-state index contributed by atoms with van der Waals surface area (Å²) in [5.41, 5.74) is -0.0362. The minimum atomic E-state index is -0.702. The van der Waals surface area contributed by atoms with Gasteiger partial charge in [-0.15, -0.1) is 0 Å². The first-order valence-electron chi connectivity index (χ1n) is 8.89. The molecule has 144 valence electrons. The molecular formula is C19H22N2O6. The van der Waals surface area contributed by atoms with E-state index in [-0.39, 0.29) is 12.0 Å². The van der Waals surface area contributed by atoms with Crippen LogP contribution in [0.3, 0.4) is 0 Å². The van der Waals surface area contributed by atoms with Crippen molar-refractivity contribution in [2.75, 3.05) is 32.8 Å². The SMILES string of the molecule is CCOC(=O)N1CCN(C(=O)C(C)Oc2ccc3ccc(=O)oc3c2)CC1. The third-order valence-electron chi connectivity index (χ3n) is 4.37. The minimum absolute atomic E-state index is 0.159. The second kappa shape index (κ2) is 8.11. The van der Waals surface area contributed by atoms with Gasteiger partial charge in [-0.25, -0.2) is 9.59 Å². The van der Waals surface area contributed by atoms with Gasteiger partial charge in [-0.1, -0.05) is 0 Å². The van der Waals surface area contributed by atoms with Crippen molar-refractivity contribution in [3.8, 4) is 5.75 Å². The fraction of sp³-hybridized carbons (Fsp3) is 0.421. The van der Waals surface area contributed by atoms with Gasteiger partial charge in [-0.3, -0.25) is 4.79 Å². The van der Waals surface area contributed by atoms with Gasteiger partial charge in [0, 0.05) is 43.7 Å². The van der Waals surface area contributed by atoms with Crippen LogP contribution in [0, 0.1) is 0 Å². The Morgan fingerprint density at radius 2 is 1.78 bits per heavy atom. The molecule has 2 aromatic rings. The summed E-state index contributed by atoms with van der Waals surface area (Å²) in [5.74, 6) is 0.288. The second-order valence-electron chi connectivity index (χ2n) is 6.23. The largest absolute Gasteiger partial charge is 0.481 e. The van der Waals surface area contributed by atoms with Crippen molar-refractivity contribution in [2.45, 2.75) is 20.0 Å². The Hall–Kier alpha value is -3.03. The monoisotopic (exact) mass is 374 g/mol. The van der Waals surface area contributed by atoms with E-state index >= 15 is 0 Å². The van der Waals surface area contributed by atoms with Crippen LogP contribution in [0.5, 0.6) is 5.75 Å². The number of hydrogen-bond acceptors (Lipinski definition) is 6. The second-order valence-corrected chi connectivity index (χ2v) is 6.23. The Kier molecular flexibility index (Phi) is 5.63. The molecule has 1 aliphatic heterocycles. The minimum Gasteiger partial charge on any atom is -0.481 e. The molecule has 1 aromatic heterocycles. The summed E-state index contributed by atoms with van der Waals surface area (Å²) >= 11 is 0. The first-order valence-corrected chi connectivity index (χ1v) is 8.89. The molecule has 0 spiro atoms. The average molecular weight is 374 g/mol. The fourth-order valence-electron chi connectivity index (χ4n) is 2.95. The van der Waals surface area contributed by atoms with Gasteiger partial charge in [-0.05, 0) is 32.0 Å². The van der Waals surface area contributed by atoms with E-state index in [1.165, 1.54) is 6.07 Å². The van der Waals surface area contributed by atoms with Gasteiger partial charge in [0.25, 0.3) is 5.91 Å². The molecule has 1 aliphatic rings. The normalized spacial score (nSPS) is 15.5. The molecule has 3 rings (SSSR count). The number of piperazine rings is 1. The summed E-state index contributed by atoms with van der Waals surface area (Å²) < 4.78 is 15.8. The lowest BCUT2D eigenvalue weighted by Gasteiger charge is -2.35. The maximum Gasteiger partial charge on any atom is 0.409 e. The van der Waals surface area contributed by atoms with Crippen LogP contribution in [0.15, 0.2) is 39.5 Å². The van der Waals surface area contributed by atoms with Gasteiger partial charge in [0.2, 0.25) is 0 Å². The van der Waals surface area contributed by atoms with Crippen molar-refractivity contribution in [3.63, 3.8) is 0 Å². The number of nitrogens with zero attached hydrogens (tertiary/aromatic N) is 2. The van der Waals surface area contributed by atoms with E-state index in [9.17, 15) is 14.4 Å². The highest BCUT2D eigenvalue weighted by Gasteiger charge is 2.28. The smallest absolute Gasteiger partial charge is 0.409 e. The summed E-state index contributed by atoms with van der Waals surface area (Å²) in [4.78, 5) is 38.9. The number of hydrogen-bond donors (Lipinski definition) is 0. The predicted molar refractivity (Wildman–Crippen MR) is 97.7 cm³/mol. The highest BCUT2D eigenvalue weighted by atomic mass is 16.6. The maximum atomic E-state index is 12.6. The van der Waals surface area contributed by atoms with Crippen LogP contribution in [-0.4, -0.2) is 60.7 Å². The van der Waals surface area contributed by atoms with Gasteiger partial charge < -0.3 is 23.7 Å². The number of benzene rings is 1. The first-order chi connectivity index (χ1) is 13.0. The zero-order valence-corrected chi connectivity index (χ0v) is 15.3. The molecular weight excluding hydrogens is 352 g/mol. The lowest BCUT2D eigenvalue weighted by Crippen LogP contribution is -2.53. The topological polar surface area (TPSA) is 89.3 Å². The molecule has 8 heteroatoms. The van der Waals surface area contributed by atoms with Gasteiger partial charge in [0.05, 0.1) is 6.61 Å². The Balaban J connectivity index is 1.60. The molecule has 0 radical (unpaired) electrons. The Bertz CT molecular complexity index is 885. The van der Waals surface area contributed by atoms with Crippen LogP contribution in [-0.2, 0) is 9.53 Å². The summed E-state index contributed by atoms with van der Waals surface area (Å²) in [5, 5.41) is 0.774. The first kappa shape index (κ1) is 18.8. The Labute approximate surface area is 156 Å². The van der Waals surface area contributed by atoms with E-state index in [1.807, 2.05) is 0 Å². The van der Waals surface area contributed by atoms with Crippen LogP contribution in [0.2, 0.25) is 0 Å². The molecule has 2 amide bonds. The number of fused-ring (bicyclic) bond motifs is 1. The van der Waals surface area contributed by atoms with Crippen molar-refractivity contribution in [3.05, 3.63) is 40.8 Å². The average Bonchev–Trinajstić information content (AvgIpc) is 2.67. The van der Waals surface area contributed by atoms with Crippen molar-refractivity contribution in [2.24, 2.45) is 0 Å². The molecule has 0 bridgehead atoms. The molecule has 1 fully saturated rings. The van der Waals surface area contributed by atoms with Gasteiger partial charge in [-0.2, -0.15) is 0 Å². The quantitative estimate of drug-likeness (QED) is 0.759. The molecule has 0 saturated carbocycles. The lowest BCUT2D eigenvalue weighted by molar-refractivity contribution is -0.139. The highest BCUT2D eigenvalue weighted by Crippen LogP contribution is 2.21. The van der Waals surface area contributed by atoms with Crippen molar-refractivity contribution >= 4 is 23.0 Å².